The number of halogens is 4. The molecule has 1 aliphatic carbocycles. The molecule has 0 spiro atoms. The fraction of sp³-hybridized carbons (Fsp3) is 0.700. The Morgan fingerprint density at radius 3 is 1.88 bits per heavy atom. The summed E-state index contributed by atoms with van der Waals surface area (Å²) in [5.41, 5.74) is 0.536. The minimum atomic E-state index is -4.24. The molecule has 0 aromatic heterocycles. The summed E-state index contributed by atoms with van der Waals surface area (Å²) in [6.45, 7) is 0. The van der Waals surface area contributed by atoms with Crippen LogP contribution in [0.2, 0.25) is 12.1 Å². The van der Waals surface area contributed by atoms with Gasteiger partial charge in [-0.3, -0.25) is 0 Å². The van der Waals surface area contributed by atoms with Crippen molar-refractivity contribution >= 4 is 19.2 Å². The van der Waals surface area contributed by atoms with Gasteiger partial charge in [0.15, 0.2) is 8.11 Å². The second-order valence-electron chi connectivity index (χ2n) is 7.88. The van der Waals surface area contributed by atoms with Gasteiger partial charge in [0, 0.05) is 0 Å². The third kappa shape index (κ3) is 5.49. The standard InChI is InChI=1S/C20H27ClF3Si/c21-25-13-11-16(12-14-25)2-1-15-3-5-17(6-4-15)18-7-9-19(10-8-18)20(22,23)24/h7-10,15-17H,1-6,11-14H2. The van der Waals surface area contributed by atoms with Crippen molar-refractivity contribution in [2.24, 2.45) is 11.8 Å². The summed E-state index contributed by atoms with van der Waals surface area (Å²) in [7, 11) is -0.516. The van der Waals surface area contributed by atoms with E-state index in [-0.39, 0.29) is 0 Å². The van der Waals surface area contributed by atoms with Crippen molar-refractivity contribution in [3.8, 4) is 0 Å². The Hall–Kier alpha value is -0.483. The maximum absolute atomic E-state index is 12.7. The molecule has 1 aromatic carbocycles. The average Bonchev–Trinajstić information content (AvgIpc) is 2.61. The highest BCUT2D eigenvalue weighted by molar-refractivity contribution is 7.07. The van der Waals surface area contributed by atoms with Gasteiger partial charge >= 0.3 is 6.18 Å². The maximum Gasteiger partial charge on any atom is 0.416 e. The van der Waals surface area contributed by atoms with Crippen molar-refractivity contribution in [2.75, 3.05) is 0 Å². The Morgan fingerprint density at radius 2 is 1.36 bits per heavy atom. The SMILES string of the molecule is FC(F)(F)c1ccc(C2CCC(CCC3CC[Si](Cl)CC3)CC2)cc1. The van der Waals surface area contributed by atoms with E-state index in [1.807, 2.05) is 0 Å². The Labute approximate surface area is 155 Å². The molecule has 1 aromatic rings. The third-order valence-corrected chi connectivity index (χ3v) is 8.98. The summed E-state index contributed by atoms with van der Waals surface area (Å²) in [6.07, 6.45) is 5.80. The largest absolute Gasteiger partial charge is 0.416 e. The summed E-state index contributed by atoms with van der Waals surface area (Å²) >= 11 is 6.28. The lowest BCUT2D eigenvalue weighted by Crippen LogP contribution is -2.18. The Morgan fingerprint density at radius 1 is 0.840 bits per heavy atom. The molecule has 25 heavy (non-hydrogen) atoms. The van der Waals surface area contributed by atoms with Gasteiger partial charge in [-0.25, -0.2) is 0 Å². The van der Waals surface area contributed by atoms with Crippen LogP contribution in [0, 0.1) is 11.8 Å². The van der Waals surface area contributed by atoms with Gasteiger partial charge < -0.3 is 0 Å². The Balaban J connectivity index is 1.42. The third-order valence-electron chi connectivity index (χ3n) is 6.19. The van der Waals surface area contributed by atoms with E-state index in [0.717, 1.165) is 30.2 Å². The molecule has 1 heterocycles. The van der Waals surface area contributed by atoms with Crippen LogP contribution in [-0.2, 0) is 6.18 Å². The molecule has 1 aliphatic heterocycles. The molecular formula is C20H27ClF3Si. The lowest BCUT2D eigenvalue weighted by Gasteiger charge is -2.31. The minimum absolute atomic E-state index is 0.439. The van der Waals surface area contributed by atoms with Crippen LogP contribution in [-0.4, -0.2) is 8.11 Å². The van der Waals surface area contributed by atoms with Crippen LogP contribution in [0.1, 0.15) is 68.4 Å². The second-order valence-corrected chi connectivity index (χ2v) is 11.5. The van der Waals surface area contributed by atoms with Gasteiger partial charge in [0.25, 0.3) is 0 Å². The smallest absolute Gasteiger partial charge is 0.169 e. The predicted molar refractivity (Wildman–Crippen MR) is 99.3 cm³/mol. The topological polar surface area (TPSA) is 0 Å². The fourth-order valence-corrected chi connectivity index (χ4v) is 6.83. The molecule has 0 N–H and O–H groups in total. The molecule has 0 amide bonds. The first kappa shape index (κ1) is 19.3. The van der Waals surface area contributed by atoms with E-state index in [1.165, 1.54) is 62.7 Å². The van der Waals surface area contributed by atoms with Crippen molar-refractivity contribution in [1.29, 1.82) is 0 Å². The summed E-state index contributed by atoms with van der Waals surface area (Å²) < 4.78 is 38.0. The molecule has 0 atom stereocenters. The van der Waals surface area contributed by atoms with Crippen molar-refractivity contribution in [3.63, 3.8) is 0 Å². The van der Waals surface area contributed by atoms with E-state index in [4.69, 9.17) is 11.1 Å². The number of alkyl halides is 3. The predicted octanol–water partition coefficient (Wildman–Crippen LogP) is 7.40. The van der Waals surface area contributed by atoms with Gasteiger partial charge in [-0.15, -0.1) is 0 Å². The van der Waals surface area contributed by atoms with Gasteiger partial charge in [-0.05, 0) is 73.2 Å². The number of hydrogen-bond donors (Lipinski definition) is 0. The van der Waals surface area contributed by atoms with Gasteiger partial charge in [0.2, 0.25) is 0 Å². The van der Waals surface area contributed by atoms with Crippen molar-refractivity contribution in [2.45, 2.75) is 75.5 Å². The quantitative estimate of drug-likeness (QED) is 0.373. The first-order valence-electron chi connectivity index (χ1n) is 9.59. The molecular weight excluding hydrogens is 361 g/mol. The fourth-order valence-electron chi connectivity index (χ4n) is 4.48. The maximum atomic E-state index is 12.7. The van der Waals surface area contributed by atoms with Crippen LogP contribution in [0.3, 0.4) is 0 Å². The summed E-state index contributed by atoms with van der Waals surface area (Å²) in [5.74, 6) is 2.14. The first-order valence-corrected chi connectivity index (χ1v) is 12.5. The van der Waals surface area contributed by atoms with E-state index in [2.05, 4.69) is 0 Å². The van der Waals surface area contributed by atoms with Crippen molar-refractivity contribution < 1.29 is 13.2 Å². The van der Waals surface area contributed by atoms with Crippen LogP contribution in [0.5, 0.6) is 0 Å². The van der Waals surface area contributed by atoms with Crippen LogP contribution in [0.4, 0.5) is 13.2 Å². The average molecular weight is 388 g/mol. The lowest BCUT2D eigenvalue weighted by atomic mass is 9.76. The lowest BCUT2D eigenvalue weighted by molar-refractivity contribution is -0.137. The van der Waals surface area contributed by atoms with Gasteiger partial charge in [0.05, 0.1) is 5.56 Å². The number of hydrogen-bond acceptors (Lipinski definition) is 0. The number of rotatable bonds is 4. The molecule has 0 bridgehead atoms. The van der Waals surface area contributed by atoms with Gasteiger partial charge in [-0.2, -0.15) is 24.3 Å². The minimum Gasteiger partial charge on any atom is -0.169 e. The van der Waals surface area contributed by atoms with E-state index in [9.17, 15) is 13.2 Å². The summed E-state index contributed by atoms with van der Waals surface area (Å²) in [4.78, 5) is 0. The summed E-state index contributed by atoms with van der Waals surface area (Å²) in [5, 5.41) is 0. The van der Waals surface area contributed by atoms with Crippen molar-refractivity contribution in [1.82, 2.24) is 0 Å². The highest BCUT2D eigenvalue weighted by Crippen LogP contribution is 2.40. The zero-order valence-electron chi connectivity index (χ0n) is 14.6. The van der Waals surface area contributed by atoms with E-state index >= 15 is 0 Å². The van der Waals surface area contributed by atoms with E-state index in [1.54, 1.807) is 12.1 Å². The van der Waals surface area contributed by atoms with Crippen molar-refractivity contribution in [3.05, 3.63) is 35.4 Å². The molecule has 1 saturated carbocycles. The zero-order chi connectivity index (χ0) is 17.9. The molecule has 0 nitrogen and oxygen atoms in total. The molecule has 3 rings (SSSR count). The summed E-state index contributed by atoms with van der Waals surface area (Å²) in [6, 6.07) is 8.38. The van der Waals surface area contributed by atoms with Gasteiger partial charge in [0.1, 0.15) is 0 Å². The molecule has 2 aliphatic rings. The Bertz CT molecular complexity index is 527. The monoisotopic (exact) mass is 387 g/mol. The zero-order valence-corrected chi connectivity index (χ0v) is 16.4. The highest BCUT2D eigenvalue weighted by atomic mass is 35.6. The van der Waals surface area contributed by atoms with E-state index < -0.39 is 19.8 Å². The molecule has 1 saturated heterocycles. The first-order chi connectivity index (χ1) is 11.9. The molecule has 2 fully saturated rings. The van der Waals surface area contributed by atoms with Crippen LogP contribution >= 0.6 is 11.1 Å². The van der Waals surface area contributed by atoms with Crippen LogP contribution in [0.15, 0.2) is 24.3 Å². The van der Waals surface area contributed by atoms with Crippen LogP contribution < -0.4 is 0 Å². The molecule has 139 valence electrons. The second kappa shape index (κ2) is 8.47. The van der Waals surface area contributed by atoms with Crippen LogP contribution in [0.25, 0.3) is 0 Å². The molecule has 5 heteroatoms. The number of benzene rings is 1. The highest BCUT2D eigenvalue weighted by Gasteiger charge is 2.31. The molecule has 0 unspecified atom stereocenters. The Kier molecular flexibility index (Phi) is 6.53. The van der Waals surface area contributed by atoms with E-state index in [0.29, 0.717) is 5.92 Å². The normalized spacial score (nSPS) is 26.7. The molecule has 1 radical (unpaired) electrons. The van der Waals surface area contributed by atoms with Gasteiger partial charge in [-0.1, -0.05) is 37.8 Å².